The van der Waals surface area contributed by atoms with Gasteiger partial charge in [0.05, 0.1) is 17.9 Å². The van der Waals surface area contributed by atoms with Gasteiger partial charge in [-0.1, -0.05) is 0 Å². The predicted molar refractivity (Wildman–Crippen MR) is 80.3 cm³/mol. The lowest BCUT2D eigenvalue weighted by Gasteiger charge is -2.34. The van der Waals surface area contributed by atoms with Crippen LogP contribution in [0.5, 0.6) is 0 Å². The fraction of sp³-hybridized carbons (Fsp3) is 0.600. The summed E-state index contributed by atoms with van der Waals surface area (Å²) in [5.41, 5.74) is 4.18. The smallest absolute Gasteiger partial charge is 0.276 e. The number of aromatic nitrogens is 1. The molecule has 0 aromatic carbocycles. The molecule has 1 fully saturated rings. The van der Waals surface area contributed by atoms with Crippen molar-refractivity contribution in [1.82, 2.24) is 15.4 Å². The van der Waals surface area contributed by atoms with Crippen molar-refractivity contribution in [3.05, 3.63) is 29.1 Å². The Balaban J connectivity index is 0.00000132. The number of hydroxylamine groups is 1. The van der Waals surface area contributed by atoms with Gasteiger partial charge in [-0.25, -0.2) is 5.48 Å². The Morgan fingerprint density at radius 2 is 2.43 bits per heavy atom. The standard InChI is InChI=1S/C15H21N3O3.2H2/c19-15(17-20)12-7-11-4-5-18(9-14(11)16-8-12)13-3-1-2-6-21-10-13;;/h7-8,13,20H,1-6,9-10H2,(H,17,19);2*1H. The van der Waals surface area contributed by atoms with Crippen molar-refractivity contribution < 1.29 is 17.6 Å². The maximum Gasteiger partial charge on any atom is 0.276 e. The number of fused-ring (bicyclic) bond motifs is 1. The van der Waals surface area contributed by atoms with Crippen molar-refractivity contribution in [2.24, 2.45) is 0 Å². The Hall–Kier alpha value is -1.50. The number of nitrogens with one attached hydrogen (secondary N) is 1. The highest BCUT2D eigenvalue weighted by Crippen LogP contribution is 2.23. The first-order chi connectivity index (χ1) is 10.3. The van der Waals surface area contributed by atoms with Crippen LogP contribution in [0.15, 0.2) is 12.3 Å². The van der Waals surface area contributed by atoms with Crippen molar-refractivity contribution in [3.63, 3.8) is 0 Å². The van der Waals surface area contributed by atoms with Crippen LogP contribution < -0.4 is 5.48 Å². The first kappa shape index (κ1) is 14.4. The molecular formula is C15H25N3O3. The van der Waals surface area contributed by atoms with Gasteiger partial charge in [-0.2, -0.15) is 0 Å². The summed E-state index contributed by atoms with van der Waals surface area (Å²) in [6.07, 6.45) is 5.96. The quantitative estimate of drug-likeness (QED) is 0.640. The Morgan fingerprint density at radius 1 is 1.52 bits per heavy atom. The highest BCUT2D eigenvalue weighted by molar-refractivity contribution is 5.93. The largest absolute Gasteiger partial charge is 0.380 e. The lowest BCUT2D eigenvalue weighted by Crippen LogP contribution is -2.41. The summed E-state index contributed by atoms with van der Waals surface area (Å²) < 4.78 is 5.67. The third-order valence-electron chi connectivity index (χ3n) is 4.35. The number of rotatable bonds is 2. The van der Waals surface area contributed by atoms with E-state index >= 15 is 0 Å². The van der Waals surface area contributed by atoms with Crippen molar-refractivity contribution in [1.29, 1.82) is 0 Å². The normalized spacial score (nSPS) is 23.2. The van der Waals surface area contributed by atoms with E-state index in [-0.39, 0.29) is 2.85 Å². The molecule has 1 aromatic heterocycles. The minimum absolute atomic E-state index is 0. The molecule has 21 heavy (non-hydrogen) atoms. The Labute approximate surface area is 127 Å². The first-order valence-corrected chi connectivity index (χ1v) is 7.52. The molecule has 1 saturated heterocycles. The molecule has 0 bridgehead atoms. The molecule has 3 heterocycles. The molecule has 1 amide bonds. The van der Waals surface area contributed by atoms with E-state index in [0.29, 0.717) is 11.6 Å². The number of amides is 1. The highest BCUT2D eigenvalue weighted by Gasteiger charge is 2.26. The second kappa shape index (κ2) is 6.51. The highest BCUT2D eigenvalue weighted by atomic mass is 16.5. The molecule has 0 spiro atoms. The first-order valence-electron chi connectivity index (χ1n) is 7.52. The summed E-state index contributed by atoms with van der Waals surface area (Å²) in [6.45, 7) is 3.45. The predicted octanol–water partition coefficient (Wildman–Crippen LogP) is 1.62. The fourth-order valence-electron chi connectivity index (χ4n) is 3.11. The monoisotopic (exact) mass is 295 g/mol. The van der Waals surface area contributed by atoms with Crippen LogP contribution in [0.25, 0.3) is 0 Å². The van der Waals surface area contributed by atoms with E-state index in [0.717, 1.165) is 50.4 Å². The van der Waals surface area contributed by atoms with Gasteiger partial charge in [-0.3, -0.25) is 19.9 Å². The molecule has 1 aromatic rings. The Bertz CT molecular complexity index is 523. The Morgan fingerprint density at radius 3 is 3.29 bits per heavy atom. The number of hydrogen-bond acceptors (Lipinski definition) is 5. The molecule has 1 atom stereocenters. The van der Waals surface area contributed by atoms with Gasteiger partial charge >= 0.3 is 0 Å². The number of carbonyl (C=O) groups is 1. The lowest BCUT2D eigenvalue weighted by molar-refractivity contribution is 0.0653. The molecule has 6 heteroatoms. The molecule has 2 aliphatic rings. The molecule has 0 saturated carbocycles. The second-order valence-electron chi connectivity index (χ2n) is 5.72. The van der Waals surface area contributed by atoms with Gasteiger partial charge in [0.1, 0.15) is 0 Å². The van der Waals surface area contributed by atoms with Gasteiger partial charge in [0.25, 0.3) is 5.91 Å². The molecule has 6 nitrogen and oxygen atoms in total. The summed E-state index contributed by atoms with van der Waals surface area (Å²) in [7, 11) is 0. The van der Waals surface area contributed by atoms with E-state index in [2.05, 4.69) is 9.88 Å². The van der Waals surface area contributed by atoms with Crippen LogP contribution in [0.4, 0.5) is 0 Å². The summed E-state index contributed by atoms with van der Waals surface area (Å²) in [5, 5.41) is 8.68. The maximum atomic E-state index is 11.4. The third kappa shape index (κ3) is 3.23. The van der Waals surface area contributed by atoms with E-state index in [9.17, 15) is 4.79 Å². The third-order valence-corrected chi connectivity index (χ3v) is 4.35. The summed E-state index contributed by atoms with van der Waals surface area (Å²) in [6, 6.07) is 2.30. The number of pyridine rings is 1. The molecule has 0 aliphatic carbocycles. The molecule has 1 unspecified atom stereocenters. The SMILES string of the molecule is O=C(NO)c1cnc2c(c1)CCN(C1CCCCOC1)C2.[HH].[HH]. The number of hydrogen-bond donors (Lipinski definition) is 2. The van der Waals surface area contributed by atoms with Gasteiger partial charge in [0.2, 0.25) is 0 Å². The van der Waals surface area contributed by atoms with Gasteiger partial charge in [-0.05, 0) is 37.3 Å². The van der Waals surface area contributed by atoms with E-state index in [1.165, 1.54) is 19.0 Å². The van der Waals surface area contributed by atoms with Crippen LogP contribution in [-0.2, 0) is 17.7 Å². The minimum Gasteiger partial charge on any atom is -0.380 e. The van der Waals surface area contributed by atoms with Crippen LogP contribution >= 0.6 is 0 Å². The zero-order valence-corrected chi connectivity index (χ0v) is 12.0. The van der Waals surface area contributed by atoms with Crippen molar-refractivity contribution in [2.75, 3.05) is 19.8 Å². The maximum absolute atomic E-state index is 11.4. The molecule has 3 rings (SSSR count). The number of nitrogens with zero attached hydrogens (tertiary/aromatic N) is 2. The molecule has 2 N–H and O–H groups in total. The molecule has 118 valence electrons. The average molecular weight is 295 g/mol. The minimum atomic E-state index is -0.509. The topological polar surface area (TPSA) is 74.7 Å². The summed E-state index contributed by atoms with van der Waals surface area (Å²) >= 11 is 0. The van der Waals surface area contributed by atoms with Gasteiger partial charge in [-0.15, -0.1) is 0 Å². The van der Waals surface area contributed by atoms with Crippen LogP contribution in [0.1, 0.15) is 43.7 Å². The average Bonchev–Trinajstić information content (AvgIpc) is 2.82. The molecule has 0 radical (unpaired) electrons. The van der Waals surface area contributed by atoms with Gasteiger partial charge in [0, 0.05) is 34.8 Å². The lowest BCUT2D eigenvalue weighted by atomic mass is 10.00. The van der Waals surface area contributed by atoms with E-state index in [4.69, 9.17) is 9.94 Å². The van der Waals surface area contributed by atoms with Crippen molar-refractivity contribution in [3.8, 4) is 0 Å². The van der Waals surface area contributed by atoms with Crippen molar-refractivity contribution >= 4 is 5.91 Å². The Kier molecular flexibility index (Phi) is 4.48. The van der Waals surface area contributed by atoms with Gasteiger partial charge < -0.3 is 4.74 Å². The number of carbonyl (C=O) groups excluding carboxylic acids is 1. The van der Waals surface area contributed by atoms with Gasteiger partial charge in [0.15, 0.2) is 0 Å². The van der Waals surface area contributed by atoms with E-state index in [1.807, 2.05) is 6.07 Å². The van der Waals surface area contributed by atoms with E-state index in [1.54, 1.807) is 5.48 Å². The fourth-order valence-corrected chi connectivity index (χ4v) is 3.11. The summed E-state index contributed by atoms with van der Waals surface area (Å²) in [4.78, 5) is 18.3. The summed E-state index contributed by atoms with van der Waals surface area (Å²) in [5.74, 6) is -0.509. The van der Waals surface area contributed by atoms with Crippen molar-refractivity contribution in [2.45, 2.75) is 38.3 Å². The second-order valence-corrected chi connectivity index (χ2v) is 5.72. The molecular weight excluding hydrogens is 270 g/mol. The van der Waals surface area contributed by atoms with Crippen LogP contribution in [0.3, 0.4) is 0 Å². The number of ether oxygens (including phenoxy) is 1. The molecule has 2 aliphatic heterocycles. The van der Waals surface area contributed by atoms with E-state index < -0.39 is 5.91 Å². The van der Waals surface area contributed by atoms with Crippen LogP contribution in [0.2, 0.25) is 0 Å². The zero-order chi connectivity index (χ0) is 14.7. The van der Waals surface area contributed by atoms with Crippen LogP contribution in [0, 0.1) is 0 Å². The van der Waals surface area contributed by atoms with Crippen LogP contribution in [-0.4, -0.2) is 46.8 Å². The zero-order valence-electron chi connectivity index (χ0n) is 12.0.